The van der Waals surface area contributed by atoms with E-state index >= 15 is 0 Å². The zero-order valence-electron chi connectivity index (χ0n) is 6.00. The van der Waals surface area contributed by atoms with Crippen LogP contribution in [0.3, 0.4) is 0 Å². The molecule has 0 aliphatic carbocycles. The number of carboxylic acid groups (broad SMARTS) is 1. The number of aromatic carboxylic acids is 1. The van der Waals surface area contributed by atoms with E-state index in [0.29, 0.717) is 11.4 Å². The predicted octanol–water partition coefficient (Wildman–Crippen LogP) is -0.868. The first kappa shape index (κ1) is 7.71. The molecule has 0 saturated carbocycles. The highest BCUT2D eigenvalue weighted by atomic mass is 16.4. The molecule has 0 unspecified atom stereocenters. The number of benzene rings is 1. The van der Waals surface area contributed by atoms with Crippen molar-refractivity contribution in [1.82, 2.24) is 0 Å². The topological polar surface area (TPSA) is 92.6 Å². The minimum Gasteiger partial charge on any atom is -0.478 e. The van der Waals surface area contributed by atoms with Gasteiger partial charge in [-0.15, -0.1) is 0 Å². The van der Waals surface area contributed by atoms with Gasteiger partial charge >= 0.3 is 5.97 Å². The van der Waals surface area contributed by atoms with Crippen LogP contribution in [0, 0.1) is 0 Å². The molecule has 7 N–H and O–H groups in total. The van der Waals surface area contributed by atoms with Crippen LogP contribution < -0.4 is 11.5 Å². The molecule has 1 aromatic carbocycles. The second kappa shape index (κ2) is 2.69. The van der Waals surface area contributed by atoms with E-state index in [4.69, 9.17) is 5.11 Å². The van der Waals surface area contributed by atoms with Gasteiger partial charge in [0.2, 0.25) is 0 Å². The Morgan fingerprint density at radius 2 is 1.64 bits per heavy atom. The Labute approximate surface area is 63.4 Å². The fraction of sp³-hybridized carbons (Fsp3) is 0. The molecule has 4 heteroatoms. The molecule has 0 radical (unpaired) electrons. The van der Waals surface area contributed by atoms with Crippen molar-refractivity contribution < 1.29 is 21.4 Å². The zero-order chi connectivity index (χ0) is 8.43. The van der Waals surface area contributed by atoms with Gasteiger partial charge < -0.3 is 16.6 Å². The Kier molecular flexibility index (Phi) is 1.89. The van der Waals surface area contributed by atoms with Gasteiger partial charge in [-0.3, -0.25) is 0 Å². The summed E-state index contributed by atoms with van der Waals surface area (Å²) in [5.74, 6) is -0.944. The maximum absolute atomic E-state index is 10.4. The minimum atomic E-state index is -0.944. The summed E-state index contributed by atoms with van der Waals surface area (Å²) in [5, 5.41) is 8.58. The maximum Gasteiger partial charge on any atom is 0.336 e. The fourth-order valence-corrected chi connectivity index (χ4v) is 0.886. The van der Waals surface area contributed by atoms with Crippen molar-refractivity contribution in [3.05, 3.63) is 23.8 Å². The molecule has 4 nitrogen and oxygen atoms in total. The molecule has 0 fully saturated rings. The maximum atomic E-state index is 10.4. The standard InChI is InChI=1S/C7H8N2O2/c8-5-1-4(7(10)11)2-6(9)3-5/h1-3H,8-9H2,(H,10,11)/p+2. The molecule has 0 atom stereocenters. The van der Waals surface area contributed by atoms with E-state index in [2.05, 4.69) is 11.5 Å². The van der Waals surface area contributed by atoms with Crippen molar-refractivity contribution in [3.8, 4) is 0 Å². The first-order valence-electron chi connectivity index (χ1n) is 3.12. The molecular formula is C7H10N2O2+2. The van der Waals surface area contributed by atoms with Gasteiger partial charge in [0.25, 0.3) is 0 Å². The molecule has 0 aliphatic rings. The van der Waals surface area contributed by atoms with E-state index in [9.17, 15) is 4.79 Å². The van der Waals surface area contributed by atoms with Crippen LogP contribution >= 0.6 is 0 Å². The van der Waals surface area contributed by atoms with Crippen molar-refractivity contribution in [1.29, 1.82) is 0 Å². The number of quaternary nitrogens is 2. The first-order valence-corrected chi connectivity index (χ1v) is 3.12. The minimum absolute atomic E-state index is 0.238. The van der Waals surface area contributed by atoms with Crippen molar-refractivity contribution >= 4 is 17.3 Å². The van der Waals surface area contributed by atoms with Crippen molar-refractivity contribution in [2.75, 3.05) is 0 Å². The lowest BCUT2D eigenvalue weighted by molar-refractivity contribution is -0.265. The highest BCUT2D eigenvalue weighted by molar-refractivity contribution is 5.89. The highest BCUT2D eigenvalue weighted by Gasteiger charge is 2.06. The van der Waals surface area contributed by atoms with Crippen molar-refractivity contribution in [2.24, 2.45) is 0 Å². The van der Waals surface area contributed by atoms with Crippen LogP contribution in [0.5, 0.6) is 0 Å². The molecule has 0 heterocycles. The van der Waals surface area contributed by atoms with Gasteiger partial charge in [0.05, 0.1) is 11.6 Å². The summed E-state index contributed by atoms with van der Waals surface area (Å²) in [6.45, 7) is 0. The summed E-state index contributed by atoms with van der Waals surface area (Å²) in [4.78, 5) is 10.4. The molecule has 1 aromatic rings. The van der Waals surface area contributed by atoms with Gasteiger partial charge in [-0.2, -0.15) is 0 Å². The molecule has 0 aliphatic heterocycles. The number of hydrogen-bond acceptors (Lipinski definition) is 1. The predicted molar refractivity (Wildman–Crippen MR) is 38.5 cm³/mol. The van der Waals surface area contributed by atoms with Crippen LogP contribution in [0.15, 0.2) is 18.2 Å². The molecule has 1 rings (SSSR count). The van der Waals surface area contributed by atoms with E-state index in [1.165, 1.54) is 12.1 Å². The van der Waals surface area contributed by atoms with Crippen LogP contribution in [-0.4, -0.2) is 11.1 Å². The van der Waals surface area contributed by atoms with E-state index in [-0.39, 0.29) is 5.56 Å². The third kappa shape index (κ3) is 1.76. The summed E-state index contributed by atoms with van der Waals surface area (Å²) in [7, 11) is 0. The number of carboxylic acids is 1. The highest BCUT2D eigenvalue weighted by Crippen LogP contribution is 2.10. The SMILES string of the molecule is [NH3+]c1cc([NH3+])cc(C(=O)O)c1. The lowest BCUT2D eigenvalue weighted by Crippen LogP contribution is -2.44. The van der Waals surface area contributed by atoms with Crippen LogP contribution in [0.4, 0.5) is 11.4 Å². The Bertz CT molecular complexity index is 276. The van der Waals surface area contributed by atoms with Gasteiger partial charge in [-0.05, 0) is 0 Å². The molecule has 11 heavy (non-hydrogen) atoms. The smallest absolute Gasteiger partial charge is 0.336 e. The van der Waals surface area contributed by atoms with Crippen LogP contribution in [0.1, 0.15) is 10.4 Å². The molecule has 0 saturated heterocycles. The first-order chi connectivity index (χ1) is 5.09. The third-order valence-corrected chi connectivity index (χ3v) is 1.30. The monoisotopic (exact) mass is 154 g/mol. The Balaban J connectivity index is 3.19. The van der Waals surface area contributed by atoms with Crippen LogP contribution in [0.25, 0.3) is 0 Å². The molecule has 0 spiro atoms. The van der Waals surface area contributed by atoms with Crippen LogP contribution in [-0.2, 0) is 0 Å². The summed E-state index contributed by atoms with van der Waals surface area (Å²) in [6, 6.07) is 4.75. The molecule has 0 bridgehead atoms. The second-order valence-electron chi connectivity index (χ2n) is 2.34. The number of carbonyl (C=O) groups is 1. The second-order valence-corrected chi connectivity index (χ2v) is 2.34. The van der Waals surface area contributed by atoms with Gasteiger partial charge in [-0.25, -0.2) is 4.79 Å². The average Bonchev–Trinajstić information content (AvgIpc) is 1.85. The van der Waals surface area contributed by atoms with Gasteiger partial charge in [0.15, 0.2) is 0 Å². The van der Waals surface area contributed by atoms with Crippen molar-refractivity contribution in [3.63, 3.8) is 0 Å². The van der Waals surface area contributed by atoms with Crippen molar-refractivity contribution in [2.45, 2.75) is 0 Å². The van der Waals surface area contributed by atoms with E-state index in [1.54, 1.807) is 6.07 Å². The molecular weight excluding hydrogens is 144 g/mol. The fourth-order valence-electron chi connectivity index (χ4n) is 0.886. The quantitative estimate of drug-likeness (QED) is 0.490. The van der Waals surface area contributed by atoms with Gasteiger partial charge in [0.1, 0.15) is 11.4 Å². The van der Waals surface area contributed by atoms with Crippen LogP contribution in [0.2, 0.25) is 0 Å². The van der Waals surface area contributed by atoms with E-state index < -0.39 is 5.97 Å². The number of rotatable bonds is 1. The van der Waals surface area contributed by atoms with E-state index in [1.807, 2.05) is 0 Å². The third-order valence-electron chi connectivity index (χ3n) is 1.30. The molecule has 0 aromatic heterocycles. The lowest BCUT2D eigenvalue weighted by Gasteiger charge is -1.93. The normalized spacial score (nSPS) is 9.64. The summed E-state index contributed by atoms with van der Waals surface area (Å²) >= 11 is 0. The Hall–Kier alpha value is -1.39. The average molecular weight is 154 g/mol. The lowest BCUT2D eigenvalue weighted by atomic mass is 10.2. The van der Waals surface area contributed by atoms with Gasteiger partial charge in [-0.1, -0.05) is 0 Å². The summed E-state index contributed by atoms with van der Waals surface area (Å²) < 4.78 is 0. The van der Waals surface area contributed by atoms with Gasteiger partial charge in [0, 0.05) is 12.1 Å². The number of hydrogen-bond donors (Lipinski definition) is 3. The Morgan fingerprint density at radius 1 is 1.18 bits per heavy atom. The largest absolute Gasteiger partial charge is 0.478 e. The molecule has 0 amide bonds. The summed E-state index contributed by atoms with van der Waals surface area (Å²) in [6.07, 6.45) is 0. The zero-order valence-corrected chi connectivity index (χ0v) is 6.00. The molecule has 58 valence electrons. The Morgan fingerprint density at radius 3 is 2.00 bits per heavy atom. The summed E-state index contributed by atoms with van der Waals surface area (Å²) in [5.41, 5.74) is 8.83. The van der Waals surface area contributed by atoms with E-state index in [0.717, 1.165) is 0 Å².